The molecule has 1 atom stereocenters. The van der Waals surface area contributed by atoms with Crippen LogP contribution >= 0.6 is 0 Å². The van der Waals surface area contributed by atoms with Gasteiger partial charge in [-0.1, -0.05) is 55.0 Å². The first-order chi connectivity index (χ1) is 17.2. The maximum Gasteiger partial charge on any atom is 0.435 e. The second-order valence-corrected chi connectivity index (χ2v) is 9.03. The van der Waals surface area contributed by atoms with E-state index in [-0.39, 0.29) is 24.4 Å². The predicted octanol–water partition coefficient (Wildman–Crippen LogP) is 4.56. The minimum atomic E-state index is -4.58. The average Bonchev–Trinajstić information content (AvgIpc) is 3.04. The number of hydrogen-bond acceptors (Lipinski definition) is 3. The molecule has 1 N–H and O–H groups in total. The minimum absolute atomic E-state index is 0.188. The second kappa shape index (κ2) is 11.0. The molecule has 4 rings (SSSR count). The van der Waals surface area contributed by atoms with E-state index in [1.54, 1.807) is 19.2 Å². The molecule has 9 heteroatoms. The quantitative estimate of drug-likeness (QED) is 0.486. The number of nitrogens with one attached hydrogen (secondary N) is 1. The molecule has 36 heavy (non-hydrogen) atoms. The third-order valence-electron chi connectivity index (χ3n) is 6.46. The Balaban J connectivity index is 1.57. The molecule has 1 aromatic heterocycles. The van der Waals surface area contributed by atoms with Gasteiger partial charge in [-0.3, -0.25) is 14.3 Å². The van der Waals surface area contributed by atoms with Gasteiger partial charge in [0.05, 0.1) is 0 Å². The zero-order chi connectivity index (χ0) is 25.7. The number of fused-ring (bicyclic) bond motifs is 1. The molecule has 1 aliphatic rings. The number of carbonyl (C=O) groups excluding carboxylic acids is 2. The van der Waals surface area contributed by atoms with Crippen molar-refractivity contribution in [1.29, 1.82) is 0 Å². The molecule has 0 aliphatic heterocycles. The van der Waals surface area contributed by atoms with Crippen LogP contribution in [0.3, 0.4) is 0 Å². The first-order valence-corrected chi connectivity index (χ1v) is 12.1. The Labute approximate surface area is 208 Å². The summed E-state index contributed by atoms with van der Waals surface area (Å²) >= 11 is 0. The highest BCUT2D eigenvalue weighted by molar-refractivity contribution is 5.99. The van der Waals surface area contributed by atoms with Crippen LogP contribution < -0.4 is 10.2 Å². The van der Waals surface area contributed by atoms with E-state index in [1.165, 1.54) is 9.58 Å². The maximum atomic E-state index is 13.6. The first-order valence-electron chi connectivity index (χ1n) is 12.1. The number of aromatic nitrogens is 2. The third kappa shape index (κ3) is 5.95. The van der Waals surface area contributed by atoms with E-state index < -0.39 is 23.8 Å². The monoisotopic (exact) mass is 498 g/mol. The number of likely N-dealkylation sites (N-methyl/N-ethyl adjacent to an activating group) is 1. The highest BCUT2D eigenvalue weighted by Gasteiger charge is 2.39. The molecule has 0 unspecified atom stereocenters. The topological polar surface area (TPSA) is 67.2 Å². The van der Waals surface area contributed by atoms with Gasteiger partial charge in [-0.2, -0.15) is 18.3 Å². The van der Waals surface area contributed by atoms with Crippen LogP contribution in [0.5, 0.6) is 0 Å². The standard InChI is InChI=1S/C27H29F3N4O2/c1-33(20-13-7-3-8-14-20)26(36)22(17-19-11-5-2-6-12-19)31-24(35)18-34-23-16-10-4-9-15-21(23)25(32-34)27(28,29)30/h2-3,5-8,11-14,22H,4,9-10,15-18H2,1H3,(H,31,35)/t22-/m0/s1. The fourth-order valence-electron chi connectivity index (χ4n) is 4.64. The van der Waals surface area contributed by atoms with Crippen molar-refractivity contribution in [1.82, 2.24) is 15.1 Å². The summed E-state index contributed by atoms with van der Waals surface area (Å²) in [4.78, 5) is 27.9. The number of carbonyl (C=O) groups is 2. The van der Waals surface area contributed by atoms with Gasteiger partial charge in [0.15, 0.2) is 5.69 Å². The van der Waals surface area contributed by atoms with Gasteiger partial charge in [-0.15, -0.1) is 0 Å². The molecule has 3 aromatic rings. The minimum Gasteiger partial charge on any atom is -0.342 e. The fraction of sp³-hybridized carbons (Fsp3) is 0.370. The number of anilines is 1. The van der Waals surface area contributed by atoms with Gasteiger partial charge in [0.1, 0.15) is 12.6 Å². The van der Waals surface area contributed by atoms with E-state index in [9.17, 15) is 22.8 Å². The van der Waals surface area contributed by atoms with Crippen LogP contribution in [0.15, 0.2) is 60.7 Å². The van der Waals surface area contributed by atoms with Crippen LogP contribution in [0, 0.1) is 0 Å². The summed E-state index contributed by atoms with van der Waals surface area (Å²) in [6, 6.07) is 17.4. The van der Waals surface area contributed by atoms with Crippen molar-refractivity contribution in [2.75, 3.05) is 11.9 Å². The number of nitrogens with zero attached hydrogens (tertiary/aromatic N) is 3. The Hall–Kier alpha value is -3.62. The molecule has 0 radical (unpaired) electrons. The van der Waals surface area contributed by atoms with Gasteiger partial charge in [0.25, 0.3) is 0 Å². The summed E-state index contributed by atoms with van der Waals surface area (Å²) in [7, 11) is 1.63. The Kier molecular flexibility index (Phi) is 7.76. The van der Waals surface area contributed by atoms with Crippen molar-refractivity contribution in [2.24, 2.45) is 0 Å². The summed E-state index contributed by atoms with van der Waals surface area (Å²) in [5.41, 5.74) is 1.26. The van der Waals surface area contributed by atoms with Crippen molar-refractivity contribution in [2.45, 2.75) is 57.3 Å². The SMILES string of the molecule is CN(C(=O)[C@H](Cc1ccccc1)NC(=O)Cn1nc(C(F)(F)F)c2c1CCCCC2)c1ccccc1. The Morgan fingerprint density at radius 3 is 2.31 bits per heavy atom. The highest BCUT2D eigenvalue weighted by atomic mass is 19.4. The number of benzene rings is 2. The Morgan fingerprint density at radius 2 is 1.64 bits per heavy atom. The van der Waals surface area contributed by atoms with Crippen molar-refractivity contribution in [3.8, 4) is 0 Å². The molecule has 190 valence electrons. The molecule has 2 aromatic carbocycles. The van der Waals surface area contributed by atoms with Crippen LogP contribution in [0.4, 0.5) is 18.9 Å². The summed E-state index contributed by atoms with van der Waals surface area (Å²) < 4.78 is 42.1. The second-order valence-electron chi connectivity index (χ2n) is 9.03. The third-order valence-corrected chi connectivity index (χ3v) is 6.46. The van der Waals surface area contributed by atoms with Crippen LogP contribution in [-0.4, -0.2) is 34.7 Å². The van der Waals surface area contributed by atoms with Crippen LogP contribution in [-0.2, 0) is 41.6 Å². The lowest BCUT2D eigenvalue weighted by molar-refractivity contribution is -0.142. The number of halogens is 3. The molecular formula is C27H29F3N4O2. The van der Waals surface area contributed by atoms with Gasteiger partial charge < -0.3 is 10.2 Å². The zero-order valence-electron chi connectivity index (χ0n) is 20.1. The van der Waals surface area contributed by atoms with E-state index >= 15 is 0 Å². The Bertz CT molecular complexity index is 1190. The molecule has 0 fully saturated rings. The number of alkyl halides is 3. The number of para-hydroxylation sites is 1. The van der Waals surface area contributed by atoms with Gasteiger partial charge in [0, 0.05) is 30.4 Å². The summed E-state index contributed by atoms with van der Waals surface area (Å²) in [6.45, 7) is -0.383. The van der Waals surface area contributed by atoms with E-state index in [1.807, 2.05) is 48.5 Å². The smallest absolute Gasteiger partial charge is 0.342 e. The van der Waals surface area contributed by atoms with E-state index in [0.29, 0.717) is 30.6 Å². The molecule has 1 aliphatic carbocycles. The van der Waals surface area contributed by atoms with Gasteiger partial charge in [0.2, 0.25) is 11.8 Å². The van der Waals surface area contributed by atoms with Crippen molar-refractivity contribution >= 4 is 17.5 Å². The van der Waals surface area contributed by atoms with Crippen molar-refractivity contribution < 1.29 is 22.8 Å². The maximum absolute atomic E-state index is 13.6. The largest absolute Gasteiger partial charge is 0.435 e. The van der Waals surface area contributed by atoms with E-state index in [0.717, 1.165) is 18.4 Å². The summed E-state index contributed by atoms with van der Waals surface area (Å²) in [5.74, 6) is -0.886. The molecule has 0 saturated heterocycles. The number of rotatable bonds is 7. The van der Waals surface area contributed by atoms with E-state index in [4.69, 9.17) is 0 Å². The predicted molar refractivity (Wildman–Crippen MR) is 130 cm³/mol. The van der Waals surface area contributed by atoms with E-state index in [2.05, 4.69) is 10.4 Å². The lowest BCUT2D eigenvalue weighted by Crippen LogP contribution is -2.49. The highest BCUT2D eigenvalue weighted by Crippen LogP contribution is 2.35. The molecular weight excluding hydrogens is 469 g/mol. The average molecular weight is 499 g/mol. The van der Waals surface area contributed by atoms with Gasteiger partial charge in [-0.05, 0) is 43.4 Å². The van der Waals surface area contributed by atoms with Crippen LogP contribution in [0.25, 0.3) is 0 Å². The molecule has 2 amide bonds. The molecule has 0 saturated carbocycles. The van der Waals surface area contributed by atoms with Crippen molar-refractivity contribution in [3.63, 3.8) is 0 Å². The normalized spacial score (nSPS) is 14.4. The van der Waals surface area contributed by atoms with Gasteiger partial charge in [-0.25, -0.2) is 0 Å². The molecule has 0 spiro atoms. The molecule has 1 heterocycles. The zero-order valence-corrected chi connectivity index (χ0v) is 20.1. The number of hydrogen-bond donors (Lipinski definition) is 1. The lowest BCUT2D eigenvalue weighted by Gasteiger charge is -2.25. The first kappa shape index (κ1) is 25.5. The number of amides is 2. The Morgan fingerprint density at radius 1 is 1.00 bits per heavy atom. The molecule has 6 nitrogen and oxygen atoms in total. The molecule has 0 bridgehead atoms. The van der Waals surface area contributed by atoms with Crippen LogP contribution in [0.2, 0.25) is 0 Å². The lowest BCUT2D eigenvalue weighted by atomic mass is 10.0. The fourth-order valence-corrected chi connectivity index (χ4v) is 4.64. The van der Waals surface area contributed by atoms with Gasteiger partial charge >= 0.3 is 6.18 Å². The summed E-state index contributed by atoms with van der Waals surface area (Å²) in [6.07, 6.45) is -1.37. The van der Waals surface area contributed by atoms with Crippen molar-refractivity contribution in [3.05, 3.63) is 83.2 Å². The van der Waals surface area contributed by atoms with Crippen LogP contribution in [0.1, 0.15) is 41.8 Å². The summed E-state index contributed by atoms with van der Waals surface area (Å²) in [5, 5.41) is 6.56.